The molecule has 0 unspecified atom stereocenters. The van der Waals surface area contributed by atoms with Crippen molar-refractivity contribution < 1.29 is 27.2 Å². The molecule has 0 radical (unpaired) electrons. The molecule has 0 bridgehead atoms. The quantitative estimate of drug-likeness (QED) is 0.632. The maximum Gasteiger partial charge on any atom is 0.417 e. The zero-order chi connectivity index (χ0) is 20.5. The zero-order valence-electron chi connectivity index (χ0n) is 14.5. The molecule has 0 spiro atoms. The highest BCUT2D eigenvalue weighted by Crippen LogP contribution is 2.32. The third kappa shape index (κ3) is 4.35. The topological polar surface area (TPSA) is 40.6 Å². The van der Waals surface area contributed by atoms with Gasteiger partial charge in [-0.25, -0.2) is 4.39 Å². The summed E-state index contributed by atoms with van der Waals surface area (Å²) in [6.07, 6.45) is -4.63. The standard InChI is InChI=1S/C19H15BrF4N2O2/c20-13-9-12(10-14(21)11-13)17(27)25-5-7-26(8-6-25)18(28)15-3-1-2-4-16(15)19(22,23)24/h1-4,9-11H,5-8H2. The lowest BCUT2D eigenvalue weighted by Crippen LogP contribution is -2.50. The predicted molar refractivity (Wildman–Crippen MR) is 97.4 cm³/mol. The number of rotatable bonds is 2. The summed E-state index contributed by atoms with van der Waals surface area (Å²) < 4.78 is 53.3. The van der Waals surface area contributed by atoms with Crippen molar-refractivity contribution in [1.29, 1.82) is 0 Å². The molecule has 4 nitrogen and oxygen atoms in total. The molecule has 1 aliphatic heterocycles. The fraction of sp³-hybridized carbons (Fsp3) is 0.263. The second-order valence-corrected chi connectivity index (χ2v) is 7.20. The predicted octanol–water partition coefficient (Wildman–Crippen LogP) is 4.21. The van der Waals surface area contributed by atoms with Crippen LogP contribution in [0.2, 0.25) is 0 Å². The van der Waals surface area contributed by atoms with E-state index in [0.29, 0.717) is 4.47 Å². The van der Waals surface area contributed by atoms with Crippen LogP contribution in [0, 0.1) is 5.82 Å². The van der Waals surface area contributed by atoms with E-state index in [1.54, 1.807) is 0 Å². The Bertz CT molecular complexity index is 889. The van der Waals surface area contributed by atoms with Crippen molar-refractivity contribution in [3.05, 3.63) is 69.4 Å². The van der Waals surface area contributed by atoms with E-state index >= 15 is 0 Å². The highest BCUT2D eigenvalue weighted by atomic mass is 79.9. The Hall–Kier alpha value is -2.42. The maximum absolute atomic E-state index is 13.5. The molecule has 0 aliphatic carbocycles. The summed E-state index contributed by atoms with van der Waals surface area (Å²) >= 11 is 3.13. The van der Waals surface area contributed by atoms with Gasteiger partial charge in [0.25, 0.3) is 11.8 Å². The summed E-state index contributed by atoms with van der Waals surface area (Å²) in [5, 5.41) is 0. The number of carbonyl (C=O) groups is 2. The van der Waals surface area contributed by atoms with Crippen molar-refractivity contribution in [3.63, 3.8) is 0 Å². The van der Waals surface area contributed by atoms with Gasteiger partial charge < -0.3 is 9.80 Å². The molecular formula is C19H15BrF4N2O2. The van der Waals surface area contributed by atoms with Crippen molar-refractivity contribution in [1.82, 2.24) is 9.80 Å². The van der Waals surface area contributed by atoms with Gasteiger partial charge in [-0.1, -0.05) is 28.1 Å². The van der Waals surface area contributed by atoms with E-state index in [4.69, 9.17) is 0 Å². The number of alkyl halides is 3. The molecule has 1 saturated heterocycles. The number of nitrogens with zero attached hydrogens (tertiary/aromatic N) is 2. The minimum Gasteiger partial charge on any atom is -0.335 e. The van der Waals surface area contributed by atoms with E-state index in [1.165, 1.54) is 34.1 Å². The number of benzene rings is 2. The van der Waals surface area contributed by atoms with Crippen LogP contribution in [0.1, 0.15) is 26.3 Å². The first-order chi connectivity index (χ1) is 13.2. The number of hydrogen-bond acceptors (Lipinski definition) is 2. The van der Waals surface area contributed by atoms with Gasteiger partial charge in [0, 0.05) is 36.2 Å². The van der Waals surface area contributed by atoms with Gasteiger partial charge >= 0.3 is 6.18 Å². The fourth-order valence-corrected chi connectivity index (χ4v) is 3.52. The van der Waals surface area contributed by atoms with Gasteiger partial charge in [-0.05, 0) is 30.3 Å². The molecule has 28 heavy (non-hydrogen) atoms. The first-order valence-corrected chi connectivity index (χ1v) is 9.17. The fourth-order valence-electron chi connectivity index (χ4n) is 3.06. The summed E-state index contributed by atoms with van der Waals surface area (Å²) in [4.78, 5) is 27.8. The molecule has 3 rings (SSSR count). The average molecular weight is 459 g/mol. The molecule has 2 aromatic carbocycles. The molecule has 0 aromatic heterocycles. The average Bonchev–Trinajstić information content (AvgIpc) is 2.65. The molecule has 0 N–H and O–H groups in total. The SMILES string of the molecule is O=C(c1cc(F)cc(Br)c1)N1CCN(C(=O)c2ccccc2C(F)(F)F)CC1. The Morgan fingerprint density at radius 2 is 1.46 bits per heavy atom. The van der Waals surface area contributed by atoms with E-state index in [0.717, 1.165) is 18.2 Å². The number of amides is 2. The van der Waals surface area contributed by atoms with Crippen molar-refractivity contribution in [2.45, 2.75) is 6.18 Å². The van der Waals surface area contributed by atoms with E-state index in [2.05, 4.69) is 15.9 Å². The lowest BCUT2D eigenvalue weighted by atomic mass is 10.1. The normalized spacial score (nSPS) is 14.9. The number of carbonyl (C=O) groups excluding carboxylic acids is 2. The molecule has 2 amide bonds. The van der Waals surface area contributed by atoms with Gasteiger partial charge in [-0.15, -0.1) is 0 Å². The minimum absolute atomic E-state index is 0.0905. The highest BCUT2D eigenvalue weighted by Gasteiger charge is 2.36. The summed E-state index contributed by atoms with van der Waals surface area (Å²) in [7, 11) is 0. The summed E-state index contributed by atoms with van der Waals surface area (Å²) in [5.41, 5.74) is -1.24. The number of hydrogen-bond donors (Lipinski definition) is 0. The Morgan fingerprint density at radius 1 is 0.893 bits per heavy atom. The van der Waals surface area contributed by atoms with Crippen LogP contribution < -0.4 is 0 Å². The molecule has 9 heteroatoms. The molecule has 2 aromatic rings. The second-order valence-electron chi connectivity index (χ2n) is 6.29. The second kappa shape index (κ2) is 7.90. The van der Waals surface area contributed by atoms with Gasteiger partial charge in [0.15, 0.2) is 0 Å². The first-order valence-electron chi connectivity index (χ1n) is 8.37. The lowest BCUT2D eigenvalue weighted by molar-refractivity contribution is -0.138. The van der Waals surface area contributed by atoms with Crippen LogP contribution in [-0.2, 0) is 6.18 Å². The van der Waals surface area contributed by atoms with Crippen molar-refractivity contribution >= 4 is 27.7 Å². The van der Waals surface area contributed by atoms with Crippen LogP contribution in [0.3, 0.4) is 0 Å². The maximum atomic E-state index is 13.5. The van der Waals surface area contributed by atoms with Crippen molar-refractivity contribution in [3.8, 4) is 0 Å². The summed E-state index contributed by atoms with van der Waals surface area (Å²) in [6, 6.07) is 8.46. The third-order valence-electron chi connectivity index (χ3n) is 4.43. The zero-order valence-corrected chi connectivity index (χ0v) is 16.1. The van der Waals surface area contributed by atoms with E-state index in [-0.39, 0.29) is 31.7 Å². The van der Waals surface area contributed by atoms with E-state index in [9.17, 15) is 27.2 Å². The Morgan fingerprint density at radius 3 is 2.04 bits per heavy atom. The Kier molecular flexibility index (Phi) is 5.74. The monoisotopic (exact) mass is 458 g/mol. The van der Waals surface area contributed by atoms with E-state index < -0.39 is 34.9 Å². The van der Waals surface area contributed by atoms with Crippen LogP contribution in [0.4, 0.5) is 17.6 Å². The van der Waals surface area contributed by atoms with Gasteiger partial charge in [0.2, 0.25) is 0 Å². The molecule has 0 saturated carbocycles. The van der Waals surface area contributed by atoms with Crippen LogP contribution in [0.5, 0.6) is 0 Å². The smallest absolute Gasteiger partial charge is 0.335 e. The molecule has 148 valence electrons. The molecule has 1 fully saturated rings. The van der Waals surface area contributed by atoms with Crippen LogP contribution in [0.25, 0.3) is 0 Å². The van der Waals surface area contributed by atoms with Gasteiger partial charge in [-0.2, -0.15) is 13.2 Å². The minimum atomic E-state index is -4.63. The van der Waals surface area contributed by atoms with Crippen LogP contribution >= 0.6 is 15.9 Å². The first kappa shape index (κ1) is 20.3. The molecule has 1 heterocycles. The number of piperazine rings is 1. The van der Waals surface area contributed by atoms with Crippen LogP contribution in [0.15, 0.2) is 46.9 Å². The molecule has 0 atom stereocenters. The Balaban J connectivity index is 1.71. The molecular weight excluding hydrogens is 444 g/mol. The summed E-state index contributed by atoms with van der Waals surface area (Å²) in [6.45, 7) is 0.473. The number of halogens is 5. The van der Waals surface area contributed by atoms with Crippen LogP contribution in [-0.4, -0.2) is 47.8 Å². The third-order valence-corrected chi connectivity index (χ3v) is 4.88. The van der Waals surface area contributed by atoms with Crippen molar-refractivity contribution in [2.24, 2.45) is 0 Å². The van der Waals surface area contributed by atoms with Gasteiger partial charge in [0.1, 0.15) is 5.82 Å². The van der Waals surface area contributed by atoms with E-state index in [1.807, 2.05) is 0 Å². The molecule has 1 aliphatic rings. The highest BCUT2D eigenvalue weighted by molar-refractivity contribution is 9.10. The van der Waals surface area contributed by atoms with Gasteiger partial charge in [0.05, 0.1) is 11.1 Å². The largest absolute Gasteiger partial charge is 0.417 e. The van der Waals surface area contributed by atoms with Gasteiger partial charge in [-0.3, -0.25) is 9.59 Å². The lowest BCUT2D eigenvalue weighted by Gasteiger charge is -2.35. The Labute approximate surface area is 166 Å². The van der Waals surface area contributed by atoms with Crippen molar-refractivity contribution in [2.75, 3.05) is 26.2 Å². The summed E-state index contributed by atoms with van der Waals surface area (Å²) in [5.74, 6) is -1.69.